The Morgan fingerprint density at radius 1 is 0.903 bits per heavy atom. The summed E-state index contributed by atoms with van der Waals surface area (Å²) in [4.78, 5) is 11.1. The van der Waals surface area contributed by atoms with Gasteiger partial charge in [0.15, 0.2) is 11.6 Å². The maximum absolute atomic E-state index is 14.3. The fourth-order valence-corrected chi connectivity index (χ4v) is 3.54. The molecular weight excluding hydrogens is 421 g/mol. The van der Waals surface area contributed by atoms with Gasteiger partial charge in [0.2, 0.25) is 0 Å². The highest BCUT2D eigenvalue weighted by atomic mass is 19.4. The number of aromatic nitrogens is 1. The molecule has 0 bridgehead atoms. The number of hydrogen-bond donors (Lipinski definition) is 2. The summed E-state index contributed by atoms with van der Waals surface area (Å²) < 4.78 is 70.8. The normalized spacial score (nSPS) is 11.8. The summed E-state index contributed by atoms with van der Waals surface area (Å²) in [6, 6.07) is 10.8. The van der Waals surface area contributed by atoms with Gasteiger partial charge >= 0.3 is 12.1 Å². The van der Waals surface area contributed by atoms with Gasteiger partial charge in [0.1, 0.15) is 11.4 Å². The average molecular weight is 433 g/mol. The minimum atomic E-state index is -4.96. The summed E-state index contributed by atoms with van der Waals surface area (Å²) in [7, 11) is 0. The number of benzene rings is 3. The summed E-state index contributed by atoms with van der Waals surface area (Å²) in [5, 5.41) is 19.3. The number of aromatic carboxylic acids is 1. The Labute approximate surface area is 171 Å². The van der Waals surface area contributed by atoms with Crippen molar-refractivity contribution in [1.82, 2.24) is 4.57 Å². The van der Waals surface area contributed by atoms with E-state index in [0.717, 1.165) is 18.2 Å². The van der Waals surface area contributed by atoms with Crippen LogP contribution in [0.2, 0.25) is 0 Å². The van der Waals surface area contributed by atoms with Gasteiger partial charge in [-0.3, -0.25) is 0 Å². The lowest BCUT2D eigenvalue weighted by atomic mass is 9.99. The second-order valence-electron chi connectivity index (χ2n) is 6.71. The van der Waals surface area contributed by atoms with E-state index in [1.54, 1.807) is 0 Å². The lowest BCUT2D eigenvalue weighted by Crippen LogP contribution is -2.14. The van der Waals surface area contributed by atoms with E-state index >= 15 is 0 Å². The molecule has 0 atom stereocenters. The van der Waals surface area contributed by atoms with E-state index in [1.807, 2.05) is 0 Å². The van der Waals surface area contributed by atoms with Crippen molar-refractivity contribution in [2.24, 2.45) is 0 Å². The van der Waals surface area contributed by atoms with Crippen molar-refractivity contribution < 1.29 is 37.0 Å². The first-order valence-electron chi connectivity index (χ1n) is 8.82. The van der Waals surface area contributed by atoms with Crippen LogP contribution in [0.1, 0.15) is 16.1 Å². The molecule has 0 fully saturated rings. The molecule has 0 saturated heterocycles. The zero-order chi connectivity index (χ0) is 22.5. The molecule has 0 amide bonds. The summed E-state index contributed by atoms with van der Waals surface area (Å²) >= 11 is 0. The molecule has 0 radical (unpaired) electrons. The first-order valence-corrected chi connectivity index (χ1v) is 8.82. The lowest BCUT2D eigenvalue weighted by Gasteiger charge is -2.15. The third-order valence-corrected chi connectivity index (χ3v) is 4.82. The molecule has 4 rings (SSSR count). The largest absolute Gasteiger partial charge is 0.507 e. The van der Waals surface area contributed by atoms with E-state index < -0.39 is 40.8 Å². The van der Waals surface area contributed by atoms with Gasteiger partial charge < -0.3 is 14.8 Å². The third-order valence-electron chi connectivity index (χ3n) is 4.82. The Hall–Kier alpha value is -3.88. The van der Waals surface area contributed by atoms with E-state index in [2.05, 4.69) is 0 Å². The van der Waals surface area contributed by atoms with Crippen LogP contribution in [-0.2, 0) is 6.18 Å². The lowest BCUT2D eigenvalue weighted by molar-refractivity contribution is -0.141. The number of carbonyl (C=O) groups is 1. The van der Waals surface area contributed by atoms with Crippen LogP contribution >= 0.6 is 0 Å². The van der Waals surface area contributed by atoms with Crippen molar-refractivity contribution in [3.05, 3.63) is 83.6 Å². The number of carboxylic acid groups (broad SMARTS) is 1. The smallest absolute Gasteiger partial charge is 0.432 e. The van der Waals surface area contributed by atoms with E-state index in [-0.39, 0.29) is 27.7 Å². The molecule has 3 aromatic carbocycles. The number of carboxylic acids is 1. The van der Waals surface area contributed by atoms with Crippen molar-refractivity contribution in [3.63, 3.8) is 0 Å². The number of nitrogens with zero attached hydrogens (tertiary/aromatic N) is 1. The first kappa shape index (κ1) is 20.4. The summed E-state index contributed by atoms with van der Waals surface area (Å²) in [5.74, 6) is -4.27. The molecule has 1 aromatic heterocycles. The standard InChI is InChI=1S/C22H12F5NO3/c23-14-9-8-13(10-15(14)24)28-16-2-1-3-17(29)19(16)18(20(28)22(25,26)27)11-4-6-12(7-5-11)21(30)31/h1-10,29H,(H,30,31). The van der Waals surface area contributed by atoms with E-state index in [9.17, 15) is 31.9 Å². The van der Waals surface area contributed by atoms with Crippen LogP contribution in [0.25, 0.3) is 27.7 Å². The Balaban J connectivity index is 2.15. The summed E-state index contributed by atoms with van der Waals surface area (Å²) in [6.45, 7) is 0. The third kappa shape index (κ3) is 3.37. The SMILES string of the molecule is O=C(O)c1ccc(-c2c(C(F)(F)F)n(-c3ccc(F)c(F)c3)c3cccc(O)c23)cc1. The Bertz CT molecular complexity index is 1320. The molecule has 1 heterocycles. The molecule has 0 aliphatic heterocycles. The van der Waals surface area contributed by atoms with Gasteiger partial charge in [-0.25, -0.2) is 13.6 Å². The molecule has 4 nitrogen and oxygen atoms in total. The van der Waals surface area contributed by atoms with Gasteiger partial charge in [-0.2, -0.15) is 13.2 Å². The van der Waals surface area contributed by atoms with Crippen LogP contribution in [0.3, 0.4) is 0 Å². The summed E-state index contributed by atoms with van der Waals surface area (Å²) in [6.07, 6.45) is -4.96. The second-order valence-corrected chi connectivity index (χ2v) is 6.71. The van der Waals surface area contributed by atoms with Gasteiger partial charge in [0.05, 0.1) is 16.5 Å². The maximum atomic E-state index is 14.3. The Kier molecular flexibility index (Phi) is 4.68. The topological polar surface area (TPSA) is 62.5 Å². The number of hydrogen-bond acceptors (Lipinski definition) is 2. The van der Waals surface area contributed by atoms with Gasteiger partial charge in [-0.05, 0) is 42.0 Å². The first-order chi connectivity index (χ1) is 14.6. The molecule has 0 spiro atoms. The highest BCUT2D eigenvalue weighted by Gasteiger charge is 2.41. The maximum Gasteiger partial charge on any atom is 0.432 e. The van der Waals surface area contributed by atoms with Crippen molar-refractivity contribution in [2.45, 2.75) is 6.18 Å². The van der Waals surface area contributed by atoms with Gasteiger partial charge in [0, 0.05) is 17.3 Å². The number of fused-ring (bicyclic) bond motifs is 1. The molecule has 4 aromatic rings. The molecule has 0 aliphatic rings. The second kappa shape index (κ2) is 7.12. The van der Waals surface area contributed by atoms with Crippen LogP contribution in [0.4, 0.5) is 22.0 Å². The molecule has 9 heteroatoms. The average Bonchev–Trinajstić information content (AvgIpc) is 3.07. The van der Waals surface area contributed by atoms with Crippen molar-refractivity contribution in [3.8, 4) is 22.6 Å². The zero-order valence-corrected chi connectivity index (χ0v) is 15.4. The van der Waals surface area contributed by atoms with Gasteiger partial charge in [0.25, 0.3) is 0 Å². The van der Waals surface area contributed by atoms with Crippen molar-refractivity contribution in [2.75, 3.05) is 0 Å². The van der Waals surface area contributed by atoms with Crippen LogP contribution < -0.4 is 0 Å². The van der Waals surface area contributed by atoms with Gasteiger partial charge in [-0.15, -0.1) is 0 Å². The number of rotatable bonds is 3. The van der Waals surface area contributed by atoms with E-state index in [4.69, 9.17) is 5.11 Å². The zero-order valence-electron chi connectivity index (χ0n) is 15.4. The fourth-order valence-electron chi connectivity index (χ4n) is 3.54. The molecule has 0 unspecified atom stereocenters. The molecule has 158 valence electrons. The van der Waals surface area contributed by atoms with Crippen LogP contribution in [0.5, 0.6) is 5.75 Å². The van der Waals surface area contributed by atoms with E-state index in [0.29, 0.717) is 16.7 Å². The van der Waals surface area contributed by atoms with Crippen LogP contribution in [0, 0.1) is 11.6 Å². The van der Waals surface area contributed by atoms with E-state index in [1.165, 1.54) is 30.3 Å². The number of phenolic OH excluding ortho intramolecular Hbond substituents is 1. The fraction of sp³-hybridized carbons (Fsp3) is 0.0455. The van der Waals surface area contributed by atoms with Crippen LogP contribution in [-0.4, -0.2) is 20.7 Å². The minimum Gasteiger partial charge on any atom is -0.507 e. The molecule has 0 saturated carbocycles. The Morgan fingerprint density at radius 2 is 1.58 bits per heavy atom. The number of aromatic hydroxyl groups is 1. The van der Waals surface area contributed by atoms with Gasteiger partial charge in [-0.1, -0.05) is 18.2 Å². The molecular formula is C22H12F5NO3. The number of alkyl halides is 3. The molecule has 2 N–H and O–H groups in total. The monoisotopic (exact) mass is 433 g/mol. The highest BCUT2D eigenvalue weighted by molar-refractivity contribution is 6.03. The predicted molar refractivity (Wildman–Crippen MR) is 102 cm³/mol. The number of phenols is 1. The number of halogens is 5. The van der Waals surface area contributed by atoms with Crippen LogP contribution in [0.15, 0.2) is 60.7 Å². The highest BCUT2D eigenvalue weighted by Crippen LogP contribution is 2.47. The Morgan fingerprint density at radius 3 is 2.16 bits per heavy atom. The minimum absolute atomic E-state index is 0.00911. The quantitative estimate of drug-likeness (QED) is 0.390. The summed E-state index contributed by atoms with van der Waals surface area (Å²) in [5.41, 5.74) is -2.16. The molecule has 0 aliphatic carbocycles. The predicted octanol–water partition coefficient (Wildman–Crippen LogP) is 6.00. The van der Waals surface area contributed by atoms with Crippen molar-refractivity contribution >= 4 is 16.9 Å². The van der Waals surface area contributed by atoms with Crippen molar-refractivity contribution in [1.29, 1.82) is 0 Å². The molecule has 31 heavy (non-hydrogen) atoms.